The first-order chi connectivity index (χ1) is 7.67. The third kappa shape index (κ3) is 1.79. The van der Waals surface area contributed by atoms with Crippen LogP contribution in [0.4, 0.5) is 0 Å². The number of pyridine rings is 1. The van der Waals surface area contributed by atoms with Crippen molar-refractivity contribution >= 4 is 22.6 Å². The maximum absolute atomic E-state index is 9.04. The first-order valence-electron chi connectivity index (χ1n) is 5.30. The summed E-state index contributed by atoms with van der Waals surface area (Å²) in [6, 6.07) is 2.10. The van der Waals surface area contributed by atoms with Gasteiger partial charge in [-0.3, -0.25) is 0 Å². The molecule has 0 saturated carbocycles. The highest BCUT2D eigenvalue weighted by Crippen LogP contribution is 2.25. The molecule has 0 spiro atoms. The largest absolute Gasteiger partial charge is 0.392 e. The van der Waals surface area contributed by atoms with Crippen LogP contribution in [0.3, 0.4) is 0 Å². The van der Waals surface area contributed by atoms with E-state index >= 15 is 0 Å². The van der Waals surface area contributed by atoms with Crippen LogP contribution in [0.1, 0.15) is 31.9 Å². The zero-order valence-electron chi connectivity index (χ0n) is 9.31. The van der Waals surface area contributed by atoms with Crippen LogP contribution in [0.15, 0.2) is 12.3 Å². The highest BCUT2D eigenvalue weighted by molar-refractivity contribution is 6.34. The van der Waals surface area contributed by atoms with Crippen LogP contribution >= 0.6 is 11.6 Å². The second kappa shape index (κ2) is 4.39. The third-order valence-corrected chi connectivity index (χ3v) is 3.03. The Kier molecular flexibility index (Phi) is 3.12. The SMILES string of the molecule is CCC(C)n1nc(Cl)c2cc(CO)cnc21. The molecule has 2 aromatic rings. The van der Waals surface area contributed by atoms with Gasteiger partial charge < -0.3 is 5.11 Å². The van der Waals surface area contributed by atoms with Gasteiger partial charge in [0.2, 0.25) is 0 Å². The molecule has 2 heterocycles. The van der Waals surface area contributed by atoms with Crippen LogP contribution in [0.25, 0.3) is 11.0 Å². The van der Waals surface area contributed by atoms with E-state index in [0.717, 1.165) is 23.0 Å². The molecule has 5 heteroatoms. The van der Waals surface area contributed by atoms with Crippen molar-refractivity contribution in [3.05, 3.63) is 23.0 Å². The Hall–Kier alpha value is -1.13. The average molecular weight is 240 g/mol. The van der Waals surface area contributed by atoms with E-state index in [2.05, 4.69) is 23.9 Å². The van der Waals surface area contributed by atoms with E-state index in [1.807, 2.05) is 10.7 Å². The van der Waals surface area contributed by atoms with E-state index < -0.39 is 0 Å². The second-order valence-corrected chi connectivity index (χ2v) is 4.22. The van der Waals surface area contributed by atoms with E-state index in [0.29, 0.717) is 5.15 Å². The fourth-order valence-electron chi connectivity index (χ4n) is 1.60. The fraction of sp³-hybridized carbons (Fsp3) is 0.455. The van der Waals surface area contributed by atoms with E-state index in [1.54, 1.807) is 6.20 Å². The van der Waals surface area contributed by atoms with Crippen molar-refractivity contribution in [2.75, 3.05) is 0 Å². The number of aliphatic hydroxyl groups is 1. The maximum Gasteiger partial charge on any atom is 0.160 e. The number of aliphatic hydroxyl groups excluding tert-OH is 1. The van der Waals surface area contributed by atoms with Crippen LogP contribution in [0.5, 0.6) is 0 Å². The molecule has 1 atom stereocenters. The smallest absolute Gasteiger partial charge is 0.160 e. The lowest BCUT2D eigenvalue weighted by Gasteiger charge is -2.09. The molecule has 0 aromatic carbocycles. The van der Waals surface area contributed by atoms with Crippen molar-refractivity contribution in [2.45, 2.75) is 32.9 Å². The number of fused-ring (bicyclic) bond motifs is 1. The summed E-state index contributed by atoms with van der Waals surface area (Å²) < 4.78 is 1.83. The summed E-state index contributed by atoms with van der Waals surface area (Å²) in [5, 5.41) is 14.6. The minimum absolute atomic E-state index is 0.0339. The first kappa shape index (κ1) is 11.4. The second-order valence-electron chi connectivity index (χ2n) is 3.87. The molecule has 0 saturated heterocycles. The van der Waals surface area contributed by atoms with Gasteiger partial charge in [0.15, 0.2) is 10.8 Å². The molecular formula is C11H14ClN3O. The van der Waals surface area contributed by atoms with E-state index in [4.69, 9.17) is 16.7 Å². The van der Waals surface area contributed by atoms with Gasteiger partial charge in [0.1, 0.15) is 0 Å². The lowest BCUT2D eigenvalue weighted by Crippen LogP contribution is -2.06. The van der Waals surface area contributed by atoms with Gasteiger partial charge in [-0.2, -0.15) is 5.10 Å². The predicted octanol–water partition coefficient (Wildman–Crippen LogP) is 2.55. The van der Waals surface area contributed by atoms with Crippen molar-refractivity contribution in [2.24, 2.45) is 0 Å². The summed E-state index contributed by atoms with van der Waals surface area (Å²) >= 11 is 6.05. The molecule has 0 fully saturated rings. The predicted molar refractivity (Wildman–Crippen MR) is 63.5 cm³/mol. The lowest BCUT2D eigenvalue weighted by atomic mass is 10.2. The van der Waals surface area contributed by atoms with Gasteiger partial charge in [-0.1, -0.05) is 18.5 Å². The monoisotopic (exact) mass is 239 g/mol. The number of hydrogen-bond donors (Lipinski definition) is 1. The van der Waals surface area contributed by atoms with Crippen LogP contribution < -0.4 is 0 Å². The summed E-state index contributed by atoms with van der Waals surface area (Å²) in [4.78, 5) is 4.30. The molecule has 16 heavy (non-hydrogen) atoms. The minimum atomic E-state index is -0.0339. The molecule has 0 aliphatic carbocycles. The Bertz CT molecular complexity index is 509. The molecule has 4 nitrogen and oxygen atoms in total. The topological polar surface area (TPSA) is 50.9 Å². The highest BCUT2D eigenvalue weighted by Gasteiger charge is 2.14. The average Bonchev–Trinajstić information content (AvgIpc) is 2.65. The zero-order valence-corrected chi connectivity index (χ0v) is 10.1. The number of hydrogen-bond acceptors (Lipinski definition) is 3. The Morgan fingerprint density at radius 3 is 2.94 bits per heavy atom. The zero-order chi connectivity index (χ0) is 11.7. The molecule has 2 rings (SSSR count). The van der Waals surface area contributed by atoms with Crippen LogP contribution in [-0.4, -0.2) is 19.9 Å². The molecule has 86 valence electrons. The summed E-state index contributed by atoms with van der Waals surface area (Å²) in [5.41, 5.74) is 1.52. The number of aromatic nitrogens is 3. The van der Waals surface area contributed by atoms with Gasteiger partial charge in [-0.15, -0.1) is 0 Å². The first-order valence-corrected chi connectivity index (χ1v) is 5.68. The Labute approximate surface area is 98.9 Å². The highest BCUT2D eigenvalue weighted by atomic mass is 35.5. The minimum Gasteiger partial charge on any atom is -0.392 e. The van der Waals surface area contributed by atoms with Gasteiger partial charge >= 0.3 is 0 Å². The lowest BCUT2D eigenvalue weighted by molar-refractivity contribution is 0.281. The van der Waals surface area contributed by atoms with Crippen LogP contribution in [0.2, 0.25) is 5.15 Å². The molecule has 1 N–H and O–H groups in total. The summed E-state index contributed by atoms with van der Waals surface area (Å²) in [6.45, 7) is 4.13. The molecule has 0 aliphatic heterocycles. The van der Waals surface area contributed by atoms with Crippen molar-refractivity contribution in [3.8, 4) is 0 Å². The molecule has 1 unspecified atom stereocenters. The molecule has 0 aliphatic rings. The third-order valence-electron chi connectivity index (χ3n) is 2.75. The van der Waals surface area contributed by atoms with Gasteiger partial charge in [0, 0.05) is 6.20 Å². The van der Waals surface area contributed by atoms with Crippen LogP contribution in [-0.2, 0) is 6.61 Å². The van der Waals surface area contributed by atoms with E-state index in [-0.39, 0.29) is 12.6 Å². The van der Waals surface area contributed by atoms with Gasteiger partial charge in [-0.05, 0) is 25.0 Å². The fourth-order valence-corrected chi connectivity index (χ4v) is 1.82. The number of halogens is 1. The summed E-state index contributed by atoms with van der Waals surface area (Å²) in [5.74, 6) is 0. The summed E-state index contributed by atoms with van der Waals surface area (Å²) in [6.07, 6.45) is 2.62. The summed E-state index contributed by atoms with van der Waals surface area (Å²) in [7, 11) is 0. The van der Waals surface area contributed by atoms with Crippen molar-refractivity contribution in [1.82, 2.24) is 14.8 Å². The molecule has 2 aromatic heterocycles. The Morgan fingerprint density at radius 1 is 1.56 bits per heavy atom. The molecule has 0 radical (unpaired) electrons. The van der Waals surface area contributed by atoms with Crippen molar-refractivity contribution in [3.63, 3.8) is 0 Å². The van der Waals surface area contributed by atoms with Crippen molar-refractivity contribution < 1.29 is 5.11 Å². The molecule has 0 bridgehead atoms. The maximum atomic E-state index is 9.04. The van der Waals surface area contributed by atoms with E-state index in [9.17, 15) is 0 Å². The molecular weight excluding hydrogens is 226 g/mol. The number of rotatable bonds is 3. The van der Waals surface area contributed by atoms with E-state index in [1.165, 1.54) is 0 Å². The Morgan fingerprint density at radius 2 is 2.31 bits per heavy atom. The molecule has 0 amide bonds. The standard InChI is InChI=1S/C11H14ClN3O/c1-3-7(2)15-11-9(10(12)14-15)4-8(6-16)5-13-11/h4-5,7,16H,3,6H2,1-2H3. The normalized spacial score (nSPS) is 13.2. The van der Waals surface area contributed by atoms with Gasteiger partial charge in [0.05, 0.1) is 18.0 Å². The quantitative estimate of drug-likeness (QED) is 0.896. The van der Waals surface area contributed by atoms with Crippen LogP contribution in [0, 0.1) is 0 Å². The Balaban J connectivity index is 2.62. The van der Waals surface area contributed by atoms with Gasteiger partial charge in [-0.25, -0.2) is 9.67 Å². The van der Waals surface area contributed by atoms with Crippen molar-refractivity contribution in [1.29, 1.82) is 0 Å². The van der Waals surface area contributed by atoms with Gasteiger partial charge in [0.25, 0.3) is 0 Å². The number of nitrogens with zero attached hydrogens (tertiary/aromatic N) is 3.